The van der Waals surface area contributed by atoms with Crippen molar-refractivity contribution in [3.8, 4) is 0 Å². The molecule has 1 aliphatic heterocycles. The van der Waals surface area contributed by atoms with Crippen LogP contribution in [0.2, 0.25) is 0 Å². The average molecular weight is 324 g/mol. The molecule has 0 spiro atoms. The summed E-state index contributed by atoms with van der Waals surface area (Å²) in [4.78, 5) is 18.7. The summed E-state index contributed by atoms with van der Waals surface area (Å²) < 4.78 is 0. The summed E-state index contributed by atoms with van der Waals surface area (Å²) in [6, 6.07) is 10.4. The van der Waals surface area contributed by atoms with Crippen molar-refractivity contribution in [1.29, 1.82) is 0 Å². The number of fused-ring (bicyclic) bond motifs is 1. The van der Waals surface area contributed by atoms with E-state index < -0.39 is 0 Å². The van der Waals surface area contributed by atoms with Crippen LogP contribution in [0.25, 0.3) is 0 Å². The molecular weight excluding hydrogens is 304 g/mol. The number of carbonyl (C=O) groups excluding carboxylic acids is 1. The number of carbonyl (C=O) groups is 1. The summed E-state index contributed by atoms with van der Waals surface area (Å²) in [5.41, 5.74) is 4.79. The molecular formula is C19H20N2OS. The zero-order chi connectivity index (χ0) is 16.0. The Bertz CT molecular complexity index is 793. The van der Waals surface area contributed by atoms with Gasteiger partial charge in [-0.2, -0.15) is 0 Å². The molecule has 1 aliphatic carbocycles. The Morgan fingerprint density at radius 2 is 2.09 bits per heavy atom. The summed E-state index contributed by atoms with van der Waals surface area (Å²) in [5.74, 6) is 1.61. The largest absolute Gasteiger partial charge is 0.342 e. The zero-order valence-corrected chi connectivity index (χ0v) is 14.2. The normalized spacial score (nSPS) is 26.5. The van der Waals surface area contributed by atoms with E-state index >= 15 is 0 Å². The molecule has 118 valence electrons. The molecule has 0 radical (unpaired) electrons. The molecule has 1 N–H and O–H groups in total. The highest BCUT2D eigenvalue weighted by molar-refractivity contribution is 7.10. The van der Waals surface area contributed by atoms with E-state index in [1.807, 2.05) is 11.6 Å². The Labute approximate surface area is 140 Å². The summed E-state index contributed by atoms with van der Waals surface area (Å²) in [6.45, 7) is 4.33. The molecule has 2 heterocycles. The number of nitrogens with zero attached hydrogens (tertiary/aromatic N) is 1. The first-order valence-electron chi connectivity index (χ1n) is 8.20. The number of aromatic nitrogens is 1. The number of benzene rings is 1. The molecule has 1 aromatic heterocycles. The minimum absolute atomic E-state index is 0.288. The predicted molar refractivity (Wildman–Crippen MR) is 93.7 cm³/mol. The van der Waals surface area contributed by atoms with Crippen LogP contribution < -0.4 is 5.32 Å². The molecule has 0 amide bonds. The highest BCUT2D eigenvalue weighted by Gasteiger charge is 2.48. The molecule has 4 rings (SSSR count). The van der Waals surface area contributed by atoms with Gasteiger partial charge in [-0.1, -0.05) is 44.2 Å². The van der Waals surface area contributed by atoms with Gasteiger partial charge in [0.1, 0.15) is 5.82 Å². The summed E-state index contributed by atoms with van der Waals surface area (Å²) in [6.07, 6.45) is 2.43. The SMILES string of the molecule is CC[C@@]1(c2ccccc2)C2=C(C[C@H](C)CC2=O)Nc2ncsc21. The second-order valence-corrected chi connectivity index (χ2v) is 7.42. The van der Waals surface area contributed by atoms with Crippen molar-refractivity contribution in [1.82, 2.24) is 4.98 Å². The third kappa shape index (κ3) is 2.01. The molecule has 0 saturated carbocycles. The number of Topliss-reactive ketones (excluding diaryl/α,β-unsaturated/α-hetero) is 1. The second-order valence-electron chi connectivity index (χ2n) is 6.57. The van der Waals surface area contributed by atoms with Crippen LogP contribution in [0, 0.1) is 5.92 Å². The lowest BCUT2D eigenvalue weighted by Gasteiger charge is -2.42. The first-order chi connectivity index (χ1) is 11.2. The van der Waals surface area contributed by atoms with Crippen LogP contribution in [0.1, 0.15) is 43.6 Å². The van der Waals surface area contributed by atoms with E-state index in [0.717, 1.165) is 29.9 Å². The van der Waals surface area contributed by atoms with E-state index in [-0.39, 0.29) is 11.2 Å². The summed E-state index contributed by atoms with van der Waals surface area (Å²) in [7, 11) is 0. The van der Waals surface area contributed by atoms with E-state index in [9.17, 15) is 4.79 Å². The fourth-order valence-electron chi connectivity index (χ4n) is 4.15. The van der Waals surface area contributed by atoms with Crippen molar-refractivity contribution in [2.24, 2.45) is 5.92 Å². The summed E-state index contributed by atoms with van der Waals surface area (Å²) in [5, 5.41) is 3.46. The van der Waals surface area contributed by atoms with E-state index in [1.165, 1.54) is 10.4 Å². The van der Waals surface area contributed by atoms with Gasteiger partial charge in [-0.15, -0.1) is 11.3 Å². The van der Waals surface area contributed by atoms with Crippen molar-refractivity contribution in [2.45, 2.75) is 38.5 Å². The van der Waals surface area contributed by atoms with Gasteiger partial charge in [-0.05, 0) is 24.3 Å². The Morgan fingerprint density at radius 3 is 2.83 bits per heavy atom. The van der Waals surface area contributed by atoms with Crippen molar-refractivity contribution >= 4 is 22.9 Å². The van der Waals surface area contributed by atoms with Crippen LogP contribution in [-0.4, -0.2) is 10.8 Å². The van der Waals surface area contributed by atoms with E-state index in [0.29, 0.717) is 12.3 Å². The van der Waals surface area contributed by atoms with Gasteiger partial charge in [0.05, 0.1) is 15.8 Å². The van der Waals surface area contributed by atoms with Gasteiger partial charge < -0.3 is 5.32 Å². The van der Waals surface area contributed by atoms with Gasteiger partial charge in [-0.25, -0.2) is 4.98 Å². The van der Waals surface area contributed by atoms with Gasteiger partial charge in [0.2, 0.25) is 0 Å². The lowest BCUT2D eigenvalue weighted by molar-refractivity contribution is -0.117. The molecule has 23 heavy (non-hydrogen) atoms. The van der Waals surface area contributed by atoms with Gasteiger partial charge in [0, 0.05) is 17.7 Å². The van der Waals surface area contributed by atoms with Gasteiger partial charge in [0.15, 0.2) is 5.78 Å². The number of hydrogen-bond donors (Lipinski definition) is 1. The highest BCUT2D eigenvalue weighted by atomic mass is 32.1. The predicted octanol–water partition coefficient (Wildman–Crippen LogP) is 4.52. The standard InChI is InChI=1S/C19H20N2OS/c1-3-19(13-7-5-4-6-8-13)16-14(9-12(2)10-15(16)22)21-18-17(19)23-11-20-18/h4-8,11-12,21H,3,9-10H2,1-2H3/t12-,19+/m0/s1. The second kappa shape index (κ2) is 5.31. The first-order valence-corrected chi connectivity index (χ1v) is 9.08. The van der Waals surface area contributed by atoms with Crippen molar-refractivity contribution in [2.75, 3.05) is 5.32 Å². The third-order valence-electron chi connectivity index (χ3n) is 5.12. The molecule has 2 aromatic rings. The fourth-order valence-corrected chi connectivity index (χ4v) is 5.20. The summed E-state index contributed by atoms with van der Waals surface area (Å²) >= 11 is 1.65. The third-order valence-corrected chi connectivity index (χ3v) is 6.10. The fraction of sp³-hybridized carbons (Fsp3) is 0.368. The van der Waals surface area contributed by atoms with Crippen molar-refractivity contribution < 1.29 is 4.79 Å². The van der Waals surface area contributed by atoms with E-state index in [4.69, 9.17) is 0 Å². The van der Waals surface area contributed by atoms with E-state index in [1.54, 1.807) is 11.3 Å². The Morgan fingerprint density at radius 1 is 1.30 bits per heavy atom. The lowest BCUT2D eigenvalue weighted by Crippen LogP contribution is -2.41. The maximum absolute atomic E-state index is 13.0. The topological polar surface area (TPSA) is 42.0 Å². The maximum atomic E-state index is 13.0. The van der Waals surface area contributed by atoms with Gasteiger partial charge >= 0.3 is 0 Å². The Hall–Kier alpha value is -1.94. The Kier molecular flexibility index (Phi) is 3.38. The quantitative estimate of drug-likeness (QED) is 0.883. The number of ketones is 1. The molecule has 0 unspecified atom stereocenters. The van der Waals surface area contributed by atoms with Crippen LogP contribution >= 0.6 is 11.3 Å². The molecule has 1 aromatic carbocycles. The molecule has 2 aliphatic rings. The van der Waals surface area contributed by atoms with Gasteiger partial charge in [0.25, 0.3) is 0 Å². The number of hydrogen-bond acceptors (Lipinski definition) is 4. The van der Waals surface area contributed by atoms with Crippen LogP contribution in [-0.2, 0) is 10.2 Å². The monoisotopic (exact) mass is 324 g/mol. The number of allylic oxidation sites excluding steroid dienone is 2. The molecule has 2 atom stereocenters. The number of anilines is 1. The number of rotatable bonds is 2. The number of nitrogens with one attached hydrogen (secondary N) is 1. The van der Waals surface area contributed by atoms with Crippen molar-refractivity contribution in [3.63, 3.8) is 0 Å². The minimum atomic E-state index is -0.352. The molecule has 0 bridgehead atoms. The molecule has 4 heteroatoms. The number of thiazole rings is 1. The van der Waals surface area contributed by atoms with Crippen LogP contribution in [0.5, 0.6) is 0 Å². The Balaban J connectivity index is 2.03. The average Bonchev–Trinajstić information content (AvgIpc) is 3.02. The lowest BCUT2D eigenvalue weighted by atomic mass is 9.64. The van der Waals surface area contributed by atoms with E-state index in [2.05, 4.69) is 48.4 Å². The van der Waals surface area contributed by atoms with Crippen LogP contribution in [0.3, 0.4) is 0 Å². The first kappa shape index (κ1) is 14.6. The van der Waals surface area contributed by atoms with Crippen LogP contribution in [0.15, 0.2) is 47.1 Å². The van der Waals surface area contributed by atoms with Crippen molar-refractivity contribution in [3.05, 3.63) is 57.6 Å². The van der Waals surface area contributed by atoms with Gasteiger partial charge in [-0.3, -0.25) is 4.79 Å². The molecule has 0 fully saturated rings. The molecule has 0 saturated heterocycles. The smallest absolute Gasteiger partial charge is 0.162 e. The minimum Gasteiger partial charge on any atom is -0.342 e. The highest BCUT2D eigenvalue weighted by Crippen LogP contribution is 2.53. The zero-order valence-electron chi connectivity index (χ0n) is 13.4. The van der Waals surface area contributed by atoms with Crippen LogP contribution in [0.4, 0.5) is 5.82 Å². The maximum Gasteiger partial charge on any atom is 0.162 e. The molecule has 3 nitrogen and oxygen atoms in total.